The fraction of sp³-hybridized carbons (Fsp3) is 0.700. The number of nitrogens with one attached hydrogen (secondary N) is 1. The van der Waals surface area contributed by atoms with E-state index in [0.717, 1.165) is 42.9 Å². The number of hydrogen-bond acceptors (Lipinski definition) is 3. The topological polar surface area (TPSA) is 35.5 Å². The molecular formula is C20H35Cl2FN2O. The third-order valence-electron chi connectivity index (χ3n) is 4.91. The molecule has 1 aromatic rings. The lowest BCUT2D eigenvalue weighted by Crippen LogP contribution is -2.45. The molecule has 0 spiro atoms. The van der Waals surface area contributed by atoms with E-state index < -0.39 is 6.67 Å². The van der Waals surface area contributed by atoms with Crippen molar-refractivity contribution in [1.82, 2.24) is 10.2 Å². The maximum Gasteiger partial charge on any atom is 0.124 e. The van der Waals surface area contributed by atoms with Crippen LogP contribution in [0.3, 0.4) is 0 Å². The largest absolute Gasteiger partial charge is 0.507 e. The first-order valence-electron chi connectivity index (χ1n) is 8.94. The summed E-state index contributed by atoms with van der Waals surface area (Å²) in [5.74, 6) is 0.261. The van der Waals surface area contributed by atoms with Gasteiger partial charge in [0.2, 0.25) is 0 Å². The first-order valence-corrected chi connectivity index (χ1v) is 8.94. The molecule has 152 valence electrons. The second-order valence-electron chi connectivity index (χ2n) is 8.92. The third kappa shape index (κ3) is 5.72. The van der Waals surface area contributed by atoms with Crippen LogP contribution in [0.4, 0.5) is 4.39 Å². The highest BCUT2D eigenvalue weighted by Gasteiger charge is 2.30. The Morgan fingerprint density at radius 1 is 1.04 bits per heavy atom. The van der Waals surface area contributed by atoms with Crippen LogP contribution in [0, 0.1) is 0 Å². The van der Waals surface area contributed by atoms with Gasteiger partial charge in [-0.05, 0) is 28.0 Å². The average Bonchev–Trinajstić information content (AvgIpc) is 2.48. The van der Waals surface area contributed by atoms with Gasteiger partial charge in [-0.2, -0.15) is 0 Å². The summed E-state index contributed by atoms with van der Waals surface area (Å²) < 4.78 is 14.0. The van der Waals surface area contributed by atoms with Gasteiger partial charge in [0.1, 0.15) is 12.4 Å². The zero-order chi connectivity index (χ0) is 18.1. The maximum atomic E-state index is 14.0. The molecule has 2 N–H and O–H groups in total. The van der Waals surface area contributed by atoms with E-state index in [0.29, 0.717) is 0 Å². The molecule has 3 nitrogen and oxygen atoms in total. The standard InChI is InChI=1S/C20H33FN2O.2ClH/c1-19(2,3)14-11-15(18(24)16(12-14)20(4,5)6)17(13-21)23-9-7-22-8-10-23;;/h11-12,17,22,24H,7-10,13H2,1-6H3;2*1H/t17-;;/m0../s1. The maximum absolute atomic E-state index is 14.0. The zero-order valence-electron chi connectivity index (χ0n) is 16.9. The number of piperazine rings is 1. The molecule has 0 amide bonds. The number of phenolic OH excluding ortho intramolecular Hbond substituents is 1. The molecular weight excluding hydrogens is 374 g/mol. The lowest BCUT2D eigenvalue weighted by Gasteiger charge is -2.36. The Labute approximate surface area is 170 Å². The molecule has 6 heteroatoms. The number of halogens is 3. The lowest BCUT2D eigenvalue weighted by atomic mass is 9.78. The normalized spacial score (nSPS) is 17.2. The lowest BCUT2D eigenvalue weighted by molar-refractivity contribution is 0.145. The van der Waals surface area contributed by atoms with Crippen molar-refractivity contribution < 1.29 is 9.50 Å². The second-order valence-corrected chi connectivity index (χ2v) is 8.92. The highest BCUT2D eigenvalue weighted by atomic mass is 35.5. The summed E-state index contributed by atoms with van der Waals surface area (Å²) in [5.41, 5.74) is 2.54. The second kappa shape index (κ2) is 9.59. The zero-order valence-corrected chi connectivity index (χ0v) is 18.5. The summed E-state index contributed by atoms with van der Waals surface area (Å²) in [7, 11) is 0. The van der Waals surface area contributed by atoms with Crippen LogP contribution in [-0.2, 0) is 10.8 Å². The predicted octanol–water partition coefficient (Wildman–Crippen LogP) is 4.75. The van der Waals surface area contributed by atoms with Gasteiger partial charge >= 0.3 is 0 Å². The van der Waals surface area contributed by atoms with Crippen molar-refractivity contribution in [2.45, 2.75) is 58.4 Å². The molecule has 0 aliphatic carbocycles. The molecule has 1 heterocycles. The van der Waals surface area contributed by atoms with Crippen LogP contribution in [0.15, 0.2) is 12.1 Å². The molecule has 0 saturated carbocycles. The van der Waals surface area contributed by atoms with E-state index in [1.54, 1.807) is 0 Å². The van der Waals surface area contributed by atoms with Crippen molar-refractivity contribution >= 4 is 24.8 Å². The Kier molecular flexibility index (Phi) is 9.38. The molecule has 1 saturated heterocycles. The molecule has 1 atom stereocenters. The van der Waals surface area contributed by atoms with Crippen molar-refractivity contribution in [3.05, 3.63) is 28.8 Å². The minimum Gasteiger partial charge on any atom is -0.507 e. The molecule has 0 bridgehead atoms. The fourth-order valence-electron chi connectivity index (χ4n) is 3.29. The van der Waals surface area contributed by atoms with Gasteiger partial charge in [-0.1, -0.05) is 47.6 Å². The van der Waals surface area contributed by atoms with E-state index in [2.05, 4.69) is 57.8 Å². The minimum absolute atomic E-state index is 0. The average molecular weight is 409 g/mol. The van der Waals surface area contributed by atoms with E-state index in [1.807, 2.05) is 6.07 Å². The van der Waals surface area contributed by atoms with Gasteiger partial charge < -0.3 is 10.4 Å². The molecule has 0 aromatic heterocycles. The van der Waals surface area contributed by atoms with Gasteiger partial charge in [-0.15, -0.1) is 24.8 Å². The van der Waals surface area contributed by atoms with Crippen LogP contribution < -0.4 is 5.32 Å². The predicted molar refractivity (Wildman–Crippen MR) is 113 cm³/mol. The van der Waals surface area contributed by atoms with Gasteiger partial charge in [-0.25, -0.2) is 4.39 Å². The number of phenols is 1. The molecule has 1 aliphatic rings. The van der Waals surface area contributed by atoms with Crippen LogP contribution in [0.1, 0.15) is 64.3 Å². The molecule has 2 rings (SSSR count). The smallest absolute Gasteiger partial charge is 0.124 e. The Hall–Kier alpha value is -0.550. The number of rotatable bonds is 3. The van der Waals surface area contributed by atoms with Gasteiger partial charge in [0.25, 0.3) is 0 Å². The Morgan fingerprint density at radius 2 is 1.58 bits per heavy atom. The number of aromatic hydroxyl groups is 1. The quantitative estimate of drug-likeness (QED) is 0.757. The number of alkyl halides is 1. The van der Waals surface area contributed by atoms with E-state index in [-0.39, 0.29) is 47.4 Å². The fourth-order valence-corrected chi connectivity index (χ4v) is 3.29. The third-order valence-corrected chi connectivity index (χ3v) is 4.91. The van der Waals surface area contributed by atoms with Gasteiger partial charge in [0, 0.05) is 31.7 Å². The van der Waals surface area contributed by atoms with Crippen molar-refractivity contribution in [1.29, 1.82) is 0 Å². The van der Waals surface area contributed by atoms with E-state index in [4.69, 9.17) is 0 Å². The summed E-state index contributed by atoms with van der Waals surface area (Å²) in [6, 6.07) is 3.72. The SMILES string of the molecule is CC(C)(C)c1cc([C@H](CF)N2CCNCC2)c(O)c(C(C)(C)C)c1.Cl.Cl. The molecule has 0 radical (unpaired) electrons. The Morgan fingerprint density at radius 3 is 2.00 bits per heavy atom. The minimum atomic E-state index is -0.481. The van der Waals surface area contributed by atoms with Crippen LogP contribution in [0.5, 0.6) is 5.75 Å². The first-order chi connectivity index (χ1) is 11.1. The van der Waals surface area contributed by atoms with Gasteiger partial charge in [-0.3, -0.25) is 4.90 Å². The highest BCUT2D eigenvalue weighted by Crippen LogP contribution is 2.41. The monoisotopic (exact) mass is 408 g/mol. The highest BCUT2D eigenvalue weighted by molar-refractivity contribution is 5.85. The summed E-state index contributed by atoms with van der Waals surface area (Å²) in [5, 5.41) is 14.2. The summed E-state index contributed by atoms with van der Waals surface area (Å²) in [6.45, 7) is 15.6. The molecule has 1 aromatic carbocycles. The Bertz CT molecular complexity index is 576. The molecule has 1 fully saturated rings. The van der Waals surface area contributed by atoms with Crippen LogP contribution in [0.2, 0.25) is 0 Å². The van der Waals surface area contributed by atoms with Gasteiger partial charge in [0.05, 0.1) is 6.04 Å². The molecule has 26 heavy (non-hydrogen) atoms. The summed E-state index contributed by atoms with van der Waals surface area (Å²) >= 11 is 0. The first kappa shape index (κ1) is 25.4. The van der Waals surface area contributed by atoms with Crippen molar-refractivity contribution in [2.75, 3.05) is 32.9 Å². The van der Waals surface area contributed by atoms with Crippen molar-refractivity contribution in [2.24, 2.45) is 0 Å². The number of benzene rings is 1. The molecule has 1 aliphatic heterocycles. The van der Waals surface area contributed by atoms with Gasteiger partial charge in [0.15, 0.2) is 0 Å². The number of hydrogen-bond donors (Lipinski definition) is 2. The van der Waals surface area contributed by atoms with E-state index in [9.17, 15) is 9.50 Å². The van der Waals surface area contributed by atoms with Crippen molar-refractivity contribution in [3.63, 3.8) is 0 Å². The summed E-state index contributed by atoms with van der Waals surface area (Å²) in [6.07, 6.45) is 0. The van der Waals surface area contributed by atoms with E-state index >= 15 is 0 Å². The van der Waals surface area contributed by atoms with Crippen LogP contribution in [0.25, 0.3) is 0 Å². The van der Waals surface area contributed by atoms with Crippen LogP contribution in [-0.4, -0.2) is 42.9 Å². The Balaban J connectivity index is 0.00000312. The van der Waals surface area contributed by atoms with Crippen molar-refractivity contribution in [3.8, 4) is 5.75 Å². The number of nitrogens with zero attached hydrogens (tertiary/aromatic N) is 1. The molecule has 0 unspecified atom stereocenters. The van der Waals surface area contributed by atoms with Crippen LogP contribution >= 0.6 is 24.8 Å². The van der Waals surface area contributed by atoms with E-state index in [1.165, 1.54) is 0 Å². The summed E-state index contributed by atoms with van der Waals surface area (Å²) in [4.78, 5) is 2.14.